The maximum atomic E-state index is 12.5. The molecule has 1 aliphatic rings. The fourth-order valence-electron chi connectivity index (χ4n) is 4.48. The lowest BCUT2D eigenvalue weighted by molar-refractivity contribution is 0.0954. The van der Waals surface area contributed by atoms with Crippen LogP contribution in [0.25, 0.3) is 0 Å². The molecule has 1 N–H and O–H groups in total. The molecule has 190 valence electrons. The summed E-state index contributed by atoms with van der Waals surface area (Å²) in [6.07, 6.45) is 8.92. The van der Waals surface area contributed by atoms with E-state index >= 15 is 0 Å². The van der Waals surface area contributed by atoms with Crippen molar-refractivity contribution in [3.63, 3.8) is 0 Å². The van der Waals surface area contributed by atoms with Crippen LogP contribution in [0.4, 0.5) is 5.82 Å². The predicted octanol–water partition coefficient (Wildman–Crippen LogP) is 6.03. The van der Waals surface area contributed by atoms with Crippen LogP contribution in [-0.2, 0) is 12.2 Å². The molecule has 0 radical (unpaired) electrons. The van der Waals surface area contributed by atoms with Gasteiger partial charge in [-0.1, -0.05) is 63.1 Å². The molecule has 0 aliphatic heterocycles. The summed E-state index contributed by atoms with van der Waals surface area (Å²) in [6, 6.07) is 16.4. The van der Waals surface area contributed by atoms with Gasteiger partial charge in [0.05, 0.1) is 0 Å². The standard InChI is InChI=1S/C29H37N5OS/c1-21(2)26-19-27(34(3)25-10-5-4-6-11-25)33-29(32-26)36-20-22-12-14-23(15-13-22)28(35)31-18-16-24-9-7-8-17-30-24/h7-9,12-15,17,19,21,25H,4-6,10-11,16,18,20H2,1-3H3,(H,31,35). The second-order valence-electron chi connectivity index (χ2n) is 9.80. The van der Waals surface area contributed by atoms with Gasteiger partial charge in [-0.3, -0.25) is 9.78 Å². The zero-order valence-corrected chi connectivity index (χ0v) is 22.4. The number of benzene rings is 1. The Bertz CT molecular complexity index is 1110. The molecule has 1 saturated carbocycles. The van der Waals surface area contributed by atoms with Crippen molar-refractivity contribution >= 4 is 23.5 Å². The van der Waals surface area contributed by atoms with Gasteiger partial charge in [-0.05, 0) is 48.6 Å². The van der Waals surface area contributed by atoms with E-state index in [0.29, 0.717) is 30.5 Å². The van der Waals surface area contributed by atoms with Crippen molar-refractivity contribution in [2.75, 3.05) is 18.5 Å². The topological polar surface area (TPSA) is 71.0 Å². The minimum atomic E-state index is -0.0616. The van der Waals surface area contributed by atoms with Gasteiger partial charge in [0.15, 0.2) is 5.16 Å². The van der Waals surface area contributed by atoms with E-state index in [1.54, 1.807) is 18.0 Å². The molecule has 36 heavy (non-hydrogen) atoms. The number of pyridine rings is 1. The first kappa shape index (κ1) is 26.1. The van der Waals surface area contributed by atoms with Crippen molar-refractivity contribution in [3.05, 3.63) is 77.2 Å². The predicted molar refractivity (Wildman–Crippen MR) is 148 cm³/mol. The Morgan fingerprint density at radius 2 is 1.86 bits per heavy atom. The van der Waals surface area contributed by atoms with Gasteiger partial charge in [0, 0.05) is 61.0 Å². The first-order valence-corrected chi connectivity index (χ1v) is 14.0. The Morgan fingerprint density at radius 3 is 2.56 bits per heavy atom. The molecule has 2 heterocycles. The van der Waals surface area contributed by atoms with Crippen LogP contribution >= 0.6 is 11.8 Å². The van der Waals surface area contributed by atoms with Crippen molar-refractivity contribution in [2.24, 2.45) is 0 Å². The normalized spacial score (nSPS) is 14.1. The zero-order chi connectivity index (χ0) is 25.3. The molecule has 0 spiro atoms. The van der Waals surface area contributed by atoms with Crippen LogP contribution in [0.15, 0.2) is 59.9 Å². The summed E-state index contributed by atoms with van der Waals surface area (Å²) < 4.78 is 0. The average molecular weight is 504 g/mol. The first-order valence-electron chi connectivity index (χ1n) is 13.0. The zero-order valence-electron chi connectivity index (χ0n) is 21.6. The third-order valence-corrected chi connectivity index (χ3v) is 7.68. The fraction of sp³-hybridized carbons (Fsp3) is 0.448. The van der Waals surface area contributed by atoms with Crippen LogP contribution in [0.1, 0.15) is 79.2 Å². The van der Waals surface area contributed by atoms with Gasteiger partial charge in [-0.15, -0.1) is 0 Å². The van der Waals surface area contributed by atoms with Gasteiger partial charge >= 0.3 is 0 Å². The van der Waals surface area contributed by atoms with Crippen LogP contribution < -0.4 is 10.2 Å². The van der Waals surface area contributed by atoms with E-state index in [9.17, 15) is 4.79 Å². The van der Waals surface area contributed by atoms with Gasteiger partial charge in [0.25, 0.3) is 5.91 Å². The van der Waals surface area contributed by atoms with E-state index in [4.69, 9.17) is 9.97 Å². The number of carbonyl (C=O) groups is 1. The van der Waals surface area contributed by atoms with Gasteiger partial charge in [0.1, 0.15) is 5.82 Å². The highest BCUT2D eigenvalue weighted by molar-refractivity contribution is 7.98. The number of nitrogens with zero attached hydrogens (tertiary/aromatic N) is 4. The van der Waals surface area contributed by atoms with E-state index < -0.39 is 0 Å². The molecule has 1 aromatic carbocycles. The van der Waals surface area contributed by atoms with E-state index in [2.05, 4.69) is 42.2 Å². The van der Waals surface area contributed by atoms with Crippen LogP contribution in [0.5, 0.6) is 0 Å². The Hall–Kier alpha value is -2.93. The highest BCUT2D eigenvalue weighted by Crippen LogP contribution is 2.29. The van der Waals surface area contributed by atoms with Gasteiger partial charge in [-0.2, -0.15) is 0 Å². The minimum absolute atomic E-state index is 0.0616. The molecule has 0 atom stereocenters. The molecule has 3 aromatic rings. The van der Waals surface area contributed by atoms with E-state index in [-0.39, 0.29) is 5.91 Å². The summed E-state index contributed by atoms with van der Waals surface area (Å²) in [5.74, 6) is 2.08. The number of rotatable bonds is 10. The molecule has 6 nitrogen and oxygen atoms in total. The third kappa shape index (κ3) is 7.29. The number of thioether (sulfide) groups is 1. The molecular formula is C29H37N5OS. The fourth-order valence-corrected chi connectivity index (χ4v) is 5.30. The summed E-state index contributed by atoms with van der Waals surface area (Å²) in [7, 11) is 2.18. The number of carbonyl (C=O) groups excluding carboxylic acids is 1. The molecule has 7 heteroatoms. The monoisotopic (exact) mass is 503 g/mol. The summed E-state index contributed by atoms with van der Waals surface area (Å²) >= 11 is 1.65. The smallest absolute Gasteiger partial charge is 0.251 e. The minimum Gasteiger partial charge on any atom is -0.357 e. The van der Waals surface area contributed by atoms with E-state index in [1.165, 1.54) is 32.1 Å². The average Bonchev–Trinajstić information content (AvgIpc) is 2.92. The van der Waals surface area contributed by atoms with Crippen molar-refractivity contribution in [1.82, 2.24) is 20.3 Å². The van der Waals surface area contributed by atoms with Crippen LogP contribution in [0.3, 0.4) is 0 Å². The number of aromatic nitrogens is 3. The maximum Gasteiger partial charge on any atom is 0.251 e. The summed E-state index contributed by atoms with van der Waals surface area (Å²) in [5.41, 5.74) is 3.87. The van der Waals surface area contributed by atoms with Crippen molar-refractivity contribution in [3.8, 4) is 0 Å². The lowest BCUT2D eigenvalue weighted by Crippen LogP contribution is -2.34. The number of anilines is 1. The summed E-state index contributed by atoms with van der Waals surface area (Å²) in [5, 5.41) is 3.79. The van der Waals surface area contributed by atoms with Crippen LogP contribution in [-0.4, -0.2) is 40.5 Å². The molecule has 2 aromatic heterocycles. The maximum absolute atomic E-state index is 12.5. The molecule has 0 bridgehead atoms. The molecule has 1 amide bonds. The van der Waals surface area contributed by atoms with Gasteiger partial charge < -0.3 is 10.2 Å². The largest absolute Gasteiger partial charge is 0.357 e. The van der Waals surface area contributed by atoms with E-state index in [0.717, 1.165) is 33.7 Å². The van der Waals surface area contributed by atoms with Crippen molar-refractivity contribution in [2.45, 2.75) is 75.2 Å². The lowest BCUT2D eigenvalue weighted by atomic mass is 9.94. The summed E-state index contributed by atoms with van der Waals surface area (Å²) in [6.45, 7) is 4.93. The van der Waals surface area contributed by atoms with Gasteiger partial charge in [0.2, 0.25) is 0 Å². The number of hydrogen-bond donors (Lipinski definition) is 1. The second-order valence-corrected chi connectivity index (χ2v) is 10.7. The number of hydrogen-bond acceptors (Lipinski definition) is 6. The first-order chi connectivity index (χ1) is 17.5. The quantitative estimate of drug-likeness (QED) is 0.269. The van der Waals surface area contributed by atoms with Crippen LogP contribution in [0.2, 0.25) is 0 Å². The third-order valence-electron chi connectivity index (χ3n) is 6.76. The number of nitrogens with one attached hydrogen (secondary N) is 1. The Morgan fingerprint density at radius 1 is 1.08 bits per heavy atom. The summed E-state index contributed by atoms with van der Waals surface area (Å²) in [4.78, 5) is 28.9. The molecule has 0 unspecified atom stereocenters. The molecule has 0 saturated heterocycles. The highest BCUT2D eigenvalue weighted by atomic mass is 32.2. The highest BCUT2D eigenvalue weighted by Gasteiger charge is 2.21. The number of amides is 1. The Balaban J connectivity index is 1.34. The Labute approximate surface area is 219 Å². The molecule has 4 rings (SSSR count). The molecule has 1 aliphatic carbocycles. The van der Waals surface area contributed by atoms with Crippen LogP contribution in [0, 0.1) is 0 Å². The second kappa shape index (κ2) is 12.9. The molecular weight excluding hydrogens is 466 g/mol. The Kier molecular flexibility index (Phi) is 9.34. The molecule has 1 fully saturated rings. The van der Waals surface area contributed by atoms with Crippen molar-refractivity contribution in [1.29, 1.82) is 0 Å². The van der Waals surface area contributed by atoms with Crippen molar-refractivity contribution < 1.29 is 4.79 Å². The lowest BCUT2D eigenvalue weighted by Gasteiger charge is -2.32. The SMILES string of the molecule is CC(C)c1cc(N(C)C2CCCCC2)nc(SCc2ccc(C(=O)NCCc3ccccn3)cc2)n1. The van der Waals surface area contributed by atoms with Gasteiger partial charge in [-0.25, -0.2) is 9.97 Å². The van der Waals surface area contributed by atoms with E-state index in [1.807, 2.05) is 42.5 Å².